The predicted octanol–water partition coefficient (Wildman–Crippen LogP) is 18.8. The molecule has 0 saturated carbocycles. The van der Waals surface area contributed by atoms with E-state index in [1.54, 1.807) is 0 Å². The molecule has 0 saturated heterocycles. The largest absolute Gasteiger partial charge is 0.462 e. The fourth-order valence-corrected chi connectivity index (χ4v) is 7.63. The second-order valence-corrected chi connectivity index (χ2v) is 18.5. The molecule has 0 heterocycles. The van der Waals surface area contributed by atoms with E-state index in [0.717, 1.165) is 96.3 Å². The first kappa shape index (κ1) is 63.6. The number of unbranched alkanes of at least 4 members (excludes halogenated alkanes) is 25. The minimum absolute atomic E-state index is 0.0909. The monoisotopic (exact) mass is 933 g/mol. The molecule has 0 radical (unpaired) electrons. The van der Waals surface area contributed by atoms with Gasteiger partial charge in [0.25, 0.3) is 0 Å². The molecule has 0 aliphatic heterocycles. The number of carbonyl (C=O) groups excluding carboxylic acids is 3. The van der Waals surface area contributed by atoms with E-state index in [1.165, 1.54) is 128 Å². The van der Waals surface area contributed by atoms with E-state index in [2.05, 4.69) is 106 Å². The number of hydrogen-bond acceptors (Lipinski definition) is 6. The molecule has 0 aromatic rings. The van der Waals surface area contributed by atoms with E-state index < -0.39 is 6.10 Å². The van der Waals surface area contributed by atoms with Gasteiger partial charge in [-0.15, -0.1) is 0 Å². The zero-order valence-corrected chi connectivity index (χ0v) is 43.9. The number of hydrogen-bond donors (Lipinski definition) is 0. The van der Waals surface area contributed by atoms with E-state index in [-0.39, 0.29) is 31.1 Å². The summed E-state index contributed by atoms with van der Waals surface area (Å²) in [5.74, 6) is -0.929. The minimum Gasteiger partial charge on any atom is -0.462 e. The lowest BCUT2D eigenvalue weighted by Crippen LogP contribution is -2.30. The van der Waals surface area contributed by atoms with Crippen LogP contribution in [0.25, 0.3) is 0 Å². The van der Waals surface area contributed by atoms with Crippen LogP contribution in [0.15, 0.2) is 85.1 Å². The van der Waals surface area contributed by atoms with Crippen LogP contribution in [0.5, 0.6) is 0 Å². The average molecular weight is 933 g/mol. The summed E-state index contributed by atoms with van der Waals surface area (Å²) in [7, 11) is 0. The van der Waals surface area contributed by atoms with E-state index in [1.807, 2.05) is 0 Å². The van der Waals surface area contributed by atoms with Gasteiger partial charge in [0, 0.05) is 19.3 Å². The Morgan fingerprint density at radius 1 is 0.313 bits per heavy atom. The Morgan fingerprint density at radius 3 is 0.940 bits per heavy atom. The van der Waals surface area contributed by atoms with Crippen LogP contribution >= 0.6 is 0 Å². The third-order valence-corrected chi connectivity index (χ3v) is 11.9. The highest BCUT2D eigenvalue weighted by atomic mass is 16.6. The van der Waals surface area contributed by atoms with Gasteiger partial charge in [0.15, 0.2) is 6.10 Å². The molecule has 0 aromatic heterocycles. The van der Waals surface area contributed by atoms with Gasteiger partial charge in [-0.05, 0) is 116 Å². The standard InChI is InChI=1S/C61H104O6/c1-4-7-10-13-16-19-22-25-28-29-30-31-34-36-39-42-45-48-51-54-60(63)66-57-58(67-61(64)55-52-49-46-43-40-37-33-27-24-21-18-15-12-9-6-3)56-65-59(62)53-50-47-44-41-38-35-32-26-23-20-17-14-11-8-5-2/h7,10,16,19-21,23-25,28,30-31,36,39,58H,4-6,8-9,11-15,17-18,22,26-27,29,32-35,37-38,40-57H2,1-3H3/b10-7-,19-16-,23-20-,24-21-,28-25-,31-30-,39-36-. The maximum atomic E-state index is 12.8. The van der Waals surface area contributed by atoms with Crippen molar-refractivity contribution in [3.05, 3.63) is 85.1 Å². The number of ether oxygens (including phenoxy) is 3. The van der Waals surface area contributed by atoms with E-state index in [9.17, 15) is 14.4 Å². The first-order valence-corrected chi connectivity index (χ1v) is 28.1. The summed E-state index contributed by atoms with van der Waals surface area (Å²) in [5, 5.41) is 0. The quantitative estimate of drug-likeness (QED) is 0.0262. The highest BCUT2D eigenvalue weighted by Crippen LogP contribution is 2.14. The number of esters is 3. The van der Waals surface area contributed by atoms with Crippen molar-refractivity contribution in [1.82, 2.24) is 0 Å². The summed E-state index contributed by atoms with van der Waals surface area (Å²) >= 11 is 0. The van der Waals surface area contributed by atoms with Gasteiger partial charge >= 0.3 is 17.9 Å². The van der Waals surface area contributed by atoms with Gasteiger partial charge in [-0.2, -0.15) is 0 Å². The molecule has 0 bridgehead atoms. The molecule has 0 N–H and O–H groups in total. The number of allylic oxidation sites excluding steroid dienone is 14. The minimum atomic E-state index is -0.794. The Balaban J connectivity index is 4.45. The Labute approximate surface area is 414 Å². The molecule has 0 fully saturated rings. The van der Waals surface area contributed by atoms with Crippen LogP contribution in [0, 0.1) is 0 Å². The molecule has 0 aromatic carbocycles. The van der Waals surface area contributed by atoms with Crippen molar-refractivity contribution in [3.63, 3.8) is 0 Å². The molecule has 6 heteroatoms. The van der Waals surface area contributed by atoms with Crippen LogP contribution in [0.1, 0.15) is 265 Å². The number of rotatable bonds is 50. The lowest BCUT2D eigenvalue weighted by molar-refractivity contribution is -0.167. The van der Waals surface area contributed by atoms with Crippen LogP contribution in [-0.4, -0.2) is 37.2 Å². The van der Waals surface area contributed by atoms with Gasteiger partial charge in [-0.25, -0.2) is 0 Å². The molecular weight excluding hydrogens is 829 g/mol. The third kappa shape index (κ3) is 53.4. The molecule has 67 heavy (non-hydrogen) atoms. The van der Waals surface area contributed by atoms with Crippen molar-refractivity contribution >= 4 is 17.9 Å². The molecule has 0 aliphatic carbocycles. The second-order valence-electron chi connectivity index (χ2n) is 18.5. The van der Waals surface area contributed by atoms with E-state index >= 15 is 0 Å². The van der Waals surface area contributed by atoms with Crippen molar-refractivity contribution in [2.45, 2.75) is 271 Å². The van der Waals surface area contributed by atoms with Gasteiger partial charge in [-0.3, -0.25) is 14.4 Å². The zero-order valence-electron chi connectivity index (χ0n) is 43.9. The topological polar surface area (TPSA) is 78.9 Å². The molecule has 1 atom stereocenters. The SMILES string of the molecule is CC/C=C\C/C=C\C/C=C\C/C=C\C/C=C\CCCCCC(=O)OCC(COC(=O)CCCCCCCCC/C=C\CCCCCC)OC(=O)CCCCCCCCC/C=C\CCCCCC. The first-order valence-electron chi connectivity index (χ1n) is 28.1. The van der Waals surface area contributed by atoms with Crippen LogP contribution in [0.2, 0.25) is 0 Å². The number of carbonyl (C=O) groups is 3. The highest BCUT2D eigenvalue weighted by molar-refractivity contribution is 5.71. The van der Waals surface area contributed by atoms with Crippen LogP contribution in [0.3, 0.4) is 0 Å². The smallest absolute Gasteiger partial charge is 0.306 e. The van der Waals surface area contributed by atoms with Crippen molar-refractivity contribution in [2.75, 3.05) is 13.2 Å². The Bertz CT molecular complexity index is 1300. The molecule has 0 spiro atoms. The molecule has 0 amide bonds. The van der Waals surface area contributed by atoms with Gasteiger partial charge in [0.1, 0.15) is 13.2 Å². The Morgan fingerprint density at radius 2 is 0.582 bits per heavy atom. The Kier molecular flexibility index (Phi) is 52.4. The second kappa shape index (κ2) is 55.2. The maximum absolute atomic E-state index is 12.8. The summed E-state index contributed by atoms with van der Waals surface area (Å²) < 4.78 is 16.8. The zero-order chi connectivity index (χ0) is 48.6. The third-order valence-electron chi connectivity index (χ3n) is 11.9. The lowest BCUT2D eigenvalue weighted by Gasteiger charge is -2.18. The van der Waals surface area contributed by atoms with Crippen LogP contribution in [0.4, 0.5) is 0 Å². The van der Waals surface area contributed by atoms with Crippen LogP contribution < -0.4 is 0 Å². The average Bonchev–Trinajstić information content (AvgIpc) is 3.33. The summed E-state index contributed by atoms with van der Waals surface area (Å²) in [6.45, 7) is 6.47. The van der Waals surface area contributed by atoms with Gasteiger partial charge < -0.3 is 14.2 Å². The molecule has 0 aliphatic rings. The summed E-state index contributed by atoms with van der Waals surface area (Å²) in [4.78, 5) is 38.1. The van der Waals surface area contributed by atoms with Gasteiger partial charge in [-0.1, -0.05) is 215 Å². The van der Waals surface area contributed by atoms with Crippen molar-refractivity contribution in [2.24, 2.45) is 0 Å². The maximum Gasteiger partial charge on any atom is 0.306 e. The molecule has 0 rings (SSSR count). The Hall–Kier alpha value is -3.41. The normalized spacial score (nSPS) is 12.7. The summed E-state index contributed by atoms with van der Waals surface area (Å²) in [5.41, 5.74) is 0. The van der Waals surface area contributed by atoms with Crippen LogP contribution in [-0.2, 0) is 28.6 Å². The van der Waals surface area contributed by atoms with Gasteiger partial charge in [0.2, 0.25) is 0 Å². The summed E-state index contributed by atoms with van der Waals surface area (Å²) in [6, 6.07) is 0. The molecule has 6 nitrogen and oxygen atoms in total. The predicted molar refractivity (Wildman–Crippen MR) is 288 cm³/mol. The fraction of sp³-hybridized carbons (Fsp3) is 0.721. The van der Waals surface area contributed by atoms with E-state index in [0.29, 0.717) is 19.3 Å². The van der Waals surface area contributed by atoms with Crippen molar-refractivity contribution < 1.29 is 28.6 Å². The lowest BCUT2D eigenvalue weighted by atomic mass is 10.1. The van der Waals surface area contributed by atoms with Gasteiger partial charge in [0.05, 0.1) is 0 Å². The summed E-state index contributed by atoms with van der Waals surface area (Å²) in [6.07, 6.45) is 71.3. The highest BCUT2D eigenvalue weighted by Gasteiger charge is 2.19. The molecular formula is C61H104O6. The first-order chi connectivity index (χ1) is 33.0. The van der Waals surface area contributed by atoms with Crippen molar-refractivity contribution in [3.8, 4) is 0 Å². The molecule has 384 valence electrons. The van der Waals surface area contributed by atoms with E-state index in [4.69, 9.17) is 14.2 Å². The van der Waals surface area contributed by atoms with Crippen molar-refractivity contribution in [1.29, 1.82) is 0 Å². The molecule has 1 unspecified atom stereocenters. The fourth-order valence-electron chi connectivity index (χ4n) is 7.63.